The first-order valence-corrected chi connectivity index (χ1v) is 7.32. The van der Waals surface area contributed by atoms with Gasteiger partial charge in [0.05, 0.1) is 18.2 Å². The van der Waals surface area contributed by atoms with E-state index in [9.17, 15) is 14.4 Å². The van der Waals surface area contributed by atoms with Crippen molar-refractivity contribution in [3.05, 3.63) is 29.3 Å². The van der Waals surface area contributed by atoms with E-state index in [-0.39, 0.29) is 24.0 Å². The predicted octanol–water partition coefficient (Wildman–Crippen LogP) is 1.64. The number of imide groups is 1. The van der Waals surface area contributed by atoms with E-state index in [2.05, 4.69) is 0 Å². The summed E-state index contributed by atoms with van der Waals surface area (Å²) in [5.74, 6) is -0.196. The van der Waals surface area contributed by atoms with E-state index in [0.717, 1.165) is 0 Å². The van der Waals surface area contributed by atoms with Crippen LogP contribution in [0.4, 0.5) is 5.69 Å². The highest BCUT2D eigenvalue weighted by Crippen LogP contribution is 2.27. The third kappa shape index (κ3) is 2.71. The molecule has 2 amide bonds. The minimum Gasteiger partial charge on any atom is -0.300 e. The lowest BCUT2D eigenvalue weighted by Crippen LogP contribution is -2.46. The van der Waals surface area contributed by atoms with Crippen molar-refractivity contribution >= 4 is 34.9 Å². The van der Waals surface area contributed by atoms with Crippen LogP contribution in [0.3, 0.4) is 0 Å². The second-order valence-corrected chi connectivity index (χ2v) is 5.77. The molecule has 1 atom stereocenters. The summed E-state index contributed by atoms with van der Waals surface area (Å²) in [6, 6.07) is 6.20. The molecule has 0 aliphatic carbocycles. The van der Waals surface area contributed by atoms with Crippen molar-refractivity contribution < 1.29 is 14.4 Å². The van der Waals surface area contributed by atoms with Gasteiger partial charge >= 0.3 is 0 Å². The Kier molecular flexibility index (Phi) is 3.78. The van der Waals surface area contributed by atoms with Crippen LogP contribution in [0, 0.1) is 0 Å². The van der Waals surface area contributed by atoms with Crippen LogP contribution in [0.5, 0.6) is 0 Å². The Labute approximate surface area is 127 Å². The van der Waals surface area contributed by atoms with E-state index in [0.29, 0.717) is 36.6 Å². The summed E-state index contributed by atoms with van der Waals surface area (Å²) in [5, 5.41) is 0.559. The summed E-state index contributed by atoms with van der Waals surface area (Å²) in [6.45, 7) is 1.11. The number of likely N-dealkylation sites (tertiary alicyclic amines) is 1. The monoisotopic (exact) mass is 306 g/mol. The molecule has 0 spiro atoms. The summed E-state index contributed by atoms with van der Waals surface area (Å²) in [7, 11) is 0. The maximum absolute atomic E-state index is 12.5. The molecule has 1 aromatic carbocycles. The quantitative estimate of drug-likeness (QED) is 0.779. The fourth-order valence-electron chi connectivity index (χ4n) is 2.85. The number of Topliss-reactive ketones (excluding diaryl/α,β-unsaturated/α-hetero) is 1. The Hall–Kier alpha value is -1.72. The molecule has 2 heterocycles. The highest BCUT2D eigenvalue weighted by atomic mass is 35.5. The molecule has 2 aliphatic heterocycles. The highest BCUT2D eigenvalue weighted by Gasteiger charge is 2.43. The van der Waals surface area contributed by atoms with Crippen molar-refractivity contribution in [2.24, 2.45) is 0 Å². The van der Waals surface area contributed by atoms with Crippen molar-refractivity contribution in [3.63, 3.8) is 0 Å². The fraction of sp³-hybridized carbons (Fsp3) is 0.400. The van der Waals surface area contributed by atoms with Gasteiger partial charge in [-0.1, -0.05) is 11.6 Å². The predicted molar refractivity (Wildman–Crippen MR) is 78.2 cm³/mol. The normalized spacial score (nSPS) is 24.0. The van der Waals surface area contributed by atoms with E-state index in [1.54, 1.807) is 24.3 Å². The third-order valence-electron chi connectivity index (χ3n) is 4.00. The molecule has 0 saturated carbocycles. The molecule has 0 bridgehead atoms. The topological polar surface area (TPSA) is 57.7 Å². The number of nitrogens with zero attached hydrogens (tertiary/aromatic N) is 2. The number of rotatable bonds is 2. The van der Waals surface area contributed by atoms with Gasteiger partial charge in [0.15, 0.2) is 0 Å². The number of carbonyl (C=O) groups is 3. The number of amides is 2. The van der Waals surface area contributed by atoms with Gasteiger partial charge in [0.1, 0.15) is 5.78 Å². The second kappa shape index (κ2) is 5.58. The van der Waals surface area contributed by atoms with Crippen molar-refractivity contribution in [1.29, 1.82) is 0 Å². The van der Waals surface area contributed by atoms with Gasteiger partial charge in [0, 0.05) is 31.0 Å². The van der Waals surface area contributed by atoms with Crippen molar-refractivity contribution in [2.75, 3.05) is 18.0 Å². The van der Waals surface area contributed by atoms with E-state index < -0.39 is 6.04 Å². The van der Waals surface area contributed by atoms with Crippen LogP contribution in [-0.4, -0.2) is 41.6 Å². The first-order valence-electron chi connectivity index (χ1n) is 6.94. The summed E-state index contributed by atoms with van der Waals surface area (Å²) < 4.78 is 0. The summed E-state index contributed by atoms with van der Waals surface area (Å²) in [6.07, 6.45) is 1.09. The molecule has 0 radical (unpaired) electrons. The highest BCUT2D eigenvalue weighted by molar-refractivity contribution is 6.30. The van der Waals surface area contributed by atoms with Gasteiger partial charge in [-0.15, -0.1) is 0 Å². The molecule has 0 unspecified atom stereocenters. The minimum atomic E-state index is -0.443. The van der Waals surface area contributed by atoms with Gasteiger partial charge in [-0.05, 0) is 24.3 Å². The van der Waals surface area contributed by atoms with Gasteiger partial charge in [0.25, 0.3) is 5.91 Å². The Balaban J connectivity index is 1.79. The molecular formula is C15H15ClN2O3. The minimum absolute atomic E-state index is 0.176. The molecule has 3 rings (SSSR count). The lowest BCUT2D eigenvalue weighted by atomic mass is 10.1. The van der Waals surface area contributed by atoms with Crippen LogP contribution >= 0.6 is 11.6 Å². The van der Waals surface area contributed by atoms with Crippen LogP contribution < -0.4 is 4.90 Å². The van der Waals surface area contributed by atoms with Crippen LogP contribution in [0.2, 0.25) is 5.02 Å². The van der Waals surface area contributed by atoms with Crippen LogP contribution in [0.1, 0.15) is 19.3 Å². The smallest absolute Gasteiger partial charge is 0.251 e. The second-order valence-electron chi connectivity index (χ2n) is 5.34. The summed E-state index contributed by atoms with van der Waals surface area (Å²) in [4.78, 5) is 39.1. The number of hydrogen-bond acceptors (Lipinski definition) is 4. The van der Waals surface area contributed by atoms with E-state index in [1.807, 2.05) is 4.90 Å². The molecule has 21 heavy (non-hydrogen) atoms. The summed E-state index contributed by atoms with van der Waals surface area (Å²) >= 11 is 5.83. The largest absolute Gasteiger partial charge is 0.300 e. The third-order valence-corrected chi connectivity index (χ3v) is 4.26. The molecule has 2 saturated heterocycles. The Morgan fingerprint density at radius 1 is 1.00 bits per heavy atom. The van der Waals surface area contributed by atoms with Crippen molar-refractivity contribution in [1.82, 2.24) is 4.90 Å². The van der Waals surface area contributed by atoms with Crippen LogP contribution in [0.15, 0.2) is 24.3 Å². The zero-order valence-electron chi connectivity index (χ0n) is 11.4. The molecular weight excluding hydrogens is 292 g/mol. The lowest BCUT2D eigenvalue weighted by Gasteiger charge is -2.29. The van der Waals surface area contributed by atoms with Gasteiger partial charge in [-0.2, -0.15) is 0 Å². The van der Waals surface area contributed by atoms with Gasteiger partial charge in [0.2, 0.25) is 5.91 Å². The number of benzene rings is 1. The molecule has 2 aliphatic rings. The number of piperidine rings is 1. The Bertz CT molecular complexity index is 589. The number of carbonyl (C=O) groups excluding carboxylic acids is 3. The maximum atomic E-state index is 12.5. The first kappa shape index (κ1) is 14.2. The van der Waals surface area contributed by atoms with Crippen LogP contribution in [0.25, 0.3) is 0 Å². The van der Waals surface area contributed by atoms with Gasteiger partial charge in [-0.25, -0.2) is 4.90 Å². The molecule has 110 valence electrons. The first-order chi connectivity index (χ1) is 10.1. The van der Waals surface area contributed by atoms with E-state index in [1.165, 1.54) is 4.90 Å². The fourth-order valence-corrected chi connectivity index (χ4v) is 2.97. The number of anilines is 1. The lowest BCUT2D eigenvalue weighted by molar-refractivity contribution is -0.127. The van der Waals surface area contributed by atoms with Crippen molar-refractivity contribution in [3.8, 4) is 0 Å². The molecule has 5 nitrogen and oxygen atoms in total. The molecule has 0 aromatic heterocycles. The maximum Gasteiger partial charge on any atom is 0.251 e. The number of hydrogen-bond donors (Lipinski definition) is 0. The molecule has 6 heteroatoms. The average Bonchev–Trinajstić information content (AvgIpc) is 2.76. The van der Waals surface area contributed by atoms with E-state index in [4.69, 9.17) is 11.6 Å². The van der Waals surface area contributed by atoms with Gasteiger partial charge in [-0.3, -0.25) is 19.3 Å². The van der Waals surface area contributed by atoms with Crippen molar-refractivity contribution in [2.45, 2.75) is 25.3 Å². The Morgan fingerprint density at radius 2 is 1.62 bits per heavy atom. The molecule has 0 N–H and O–H groups in total. The van der Waals surface area contributed by atoms with Gasteiger partial charge < -0.3 is 0 Å². The SMILES string of the molecule is O=C1CCN([C@@H]2CC(=O)N(c3ccc(Cl)cc3)C2=O)CC1. The standard InChI is InChI=1S/C15H15ClN2O3/c16-10-1-3-11(4-2-10)18-14(20)9-13(15(18)21)17-7-5-12(19)6-8-17/h1-4,13H,5-9H2/t13-/m1/s1. The Morgan fingerprint density at radius 3 is 2.24 bits per heavy atom. The van der Waals surface area contributed by atoms with E-state index >= 15 is 0 Å². The molecule has 2 fully saturated rings. The number of ketones is 1. The average molecular weight is 307 g/mol. The molecule has 1 aromatic rings. The zero-order chi connectivity index (χ0) is 15.0. The number of halogens is 1. The zero-order valence-corrected chi connectivity index (χ0v) is 12.2. The summed E-state index contributed by atoms with van der Waals surface area (Å²) in [5.41, 5.74) is 0.546. The van der Waals surface area contributed by atoms with Crippen LogP contribution in [-0.2, 0) is 14.4 Å².